The van der Waals surface area contributed by atoms with E-state index in [4.69, 9.17) is 9.84 Å². The fourth-order valence-corrected chi connectivity index (χ4v) is 4.18. The number of anilines is 2. The van der Waals surface area contributed by atoms with Crippen LogP contribution in [-0.2, 0) is 25.5 Å². The summed E-state index contributed by atoms with van der Waals surface area (Å²) in [6, 6.07) is 13.5. The van der Waals surface area contributed by atoms with Gasteiger partial charge in [-0.05, 0) is 43.2 Å². The van der Waals surface area contributed by atoms with E-state index in [1.165, 1.54) is 4.90 Å². The minimum Gasteiger partial charge on any atom is -0.481 e. The third-order valence-electron chi connectivity index (χ3n) is 6.33. The number of benzene rings is 2. The van der Waals surface area contributed by atoms with E-state index in [9.17, 15) is 19.2 Å². The molecule has 39 heavy (non-hydrogen) atoms. The van der Waals surface area contributed by atoms with Gasteiger partial charge in [-0.1, -0.05) is 30.3 Å². The zero-order valence-corrected chi connectivity index (χ0v) is 22.4. The summed E-state index contributed by atoms with van der Waals surface area (Å²) in [7, 11) is 0. The van der Waals surface area contributed by atoms with Crippen molar-refractivity contribution in [3.8, 4) is 0 Å². The van der Waals surface area contributed by atoms with Crippen molar-refractivity contribution in [2.24, 2.45) is 0 Å². The molecule has 0 saturated carbocycles. The van der Waals surface area contributed by atoms with Crippen LogP contribution >= 0.6 is 0 Å². The smallest absolute Gasteiger partial charge is 0.323 e. The van der Waals surface area contributed by atoms with Crippen molar-refractivity contribution >= 4 is 35.2 Å². The van der Waals surface area contributed by atoms with Crippen LogP contribution in [0, 0.1) is 6.92 Å². The van der Waals surface area contributed by atoms with Crippen molar-refractivity contribution in [3.63, 3.8) is 0 Å². The molecule has 0 bridgehead atoms. The van der Waals surface area contributed by atoms with Crippen molar-refractivity contribution in [1.82, 2.24) is 15.1 Å². The lowest BCUT2D eigenvalue weighted by Gasteiger charge is -2.30. The van der Waals surface area contributed by atoms with Crippen molar-refractivity contribution < 1.29 is 29.0 Å². The predicted octanol–water partition coefficient (Wildman–Crippen LogP) is 2.32. The number of carbonyl (C=O) groups excluding carboxylic acids is 3. The Bertz CT molecular complexity index is 1130. The highest BCUT2D eigenvalue weighted by atomic mass is 16.5. The van der Waals surface area contributed by atoms with E-state index < -0.39 is 17.9 Å². The zero-order chi connectivity index (χ0) is 28.2. The van der Waals surface area contributed by atoms with Gasteiger partial charge in [-0.15, -0.1) is 0 Å². The highest BCUT2D eigenvalue weighted by Crippen LogP contribution is 2.15. The number of nitrogens with one attached hydrogen (secondary N) is 3. The lowest BCUT2D eigenvalue weighted by atomic mass is 10.1. The number of morpholine rings is 1. The van der Waals surface area contributed by atoms with Gasteiger partial charge in [0.2, 0.25) is 11.8 Å². The zero-order valence-electron chi connectivity index (χ0n) is 22.4. The quantitative estimate of drug-likeness (QED) is 0.325. The van der Waals surface area contributed by atoms with Crippen LogP contribution in [0.1, 0.15) is 24.5 Å². The first kappa shape index (κ1) is 29.6. The van der Waals surface area contributed by atoms with Gasteiger partial charge in [-0.2, -0.15) is 0 Å². The molecule has 4 N–H and O–H groups in total. The van der Waals surface area contributed by atoms with Crippen LogP contribution in [-0.4, -0.2) is 90.7 Å². The Hall–Kier alpha value is -3.96. The number of hydrogen-bond donors (Lipinski definition) is 4. The fourth-order valence-electron chi connectivity index (χ4n) is 4.18. The molecule has 3 rings (SSSR count). The van der Waals surface area contributed by atoms with Gasteiger partial charge in [0.25, 0.3) is 0 Å². The second-order valence-electron chi connectivity index (χ2n) is 9.60. The van der Waals surface area contributed by atoms with Crippen molar-refractivity contribution in [1.29, 1.82) is 0 Å². The van der Waals surface area contributed by atoms with Crippen molar-refractivity contribution in [3.05, 3.63) is 59.7 Å². The molecule has 11 heteroatoms. The third-order valence-corrected chi connectivity index (χ3v) is 6.33. The Morgan fingerprint density at radius 2 is 1.72 bits per heavy atom. The van der Waals surface area contributed by atoms with Gasteiger partial charge in [0.1, 0.15) is 0 Å². The third kappa shape index (κ3) is 10.4. The summed E-state index contributed by atoms with van der Waals surface area (Å²) >= 11 is 0. The molecule has 1 aliphatic rings. The van der Waals surface area contributed by atoms with E-state index in [1.54, 1.807) is 31.2 Å². The van der Waals surface area contributed by atoms with E-state index >= 15 is 0 Å². The van der Waals surface area contributed by atoms with E-state index in [0.717, 1.165) is 29.9 Å². The molecule has 1 atom stereocenters. The largest absolute Gasteiger partial charge is 0.481 e. The Morgan fingerprint density at radius 1 is 1.03 bits per heavy atom. The lowest BCUT2D eigenvalue weighted by molar-refractivity contribution is -0.138. The first-order valence-corrected chi connectivity index (χ1v) is 13.0. The molecule has 2 aromatic rings. The molecule has 1 saturated heterocycles. The lowest BCUT2D eigenvalue weighted by Crippen LogP contribution is -2.48. The highest BCUT2D eigenvalue weighted by Gasteiger charge is 2.21. The minimum atomic E-state index is -1.01. The highest BCUT2D eigenvalue weighted by molar-refractivity contribution is 6.00. The van der Waals surface area contributed by atoms with Crippen LogP contribution in [0.5, 0.6) is 0 Å². The number of aryl methyl sites for hydroxylation is 1. The van der Waals surface area contributed by atoms with E-state index in [1.807, 2.05) is 31.2 Å². The number of amides is 4. The summed E-state index contributed by atoms with van der Waals surface area (Å²) in [5.74, 6) is -1.63. The number of hydrogen-bond acceptors (Lipinski definition) is 6. The summed E-state index contributed by atoms with van der Waals surface area (Å²) in [5, 5.41) is 17.2. The minimum absolute atomic E-state index is 0.0801. The molecule has 1 heterocycles. The molecule has 0 aromatic heterocycles. The van der Waals surface area contributed by atoms with Gasteiger partial charge in [0.15, 0.2) is 0 Å². The van der Waals surface area contributed by atoms with Gasteiger partial charge < -0.3 is 30.7 Å². The summed E-state index contributed by atoms with van der Waals surface area (Å²) < 4.78 is 5.38. The maximum atomic E-state index is 13.2. The monoisotopic (exact) mass is 539 g/mol. The molecule has 0 radical (unpaired) electrons. The van der Waals surface area contributed by atoms with Crippen LogP contribution in [0.25, 0.3) is 0 Å². The van der Waals surface area contributed by atoms with Crippen LogP contribution in [0.3, 0.4) is 0 Å². The summed E-state index contributed by atoms with van der Waals surface area (Å²) in [6.07, 6.45) is -0.117. The number of rotatable bonds is 12. The van der Waals surface area contributed by atoms with Crippen LogP contribution in [0.2, 0.25) is 0 Å². The molecule has 1 unspecified atom stereocenters. The number of urea groups is 1. The number of nitrogens with zero attached hydrogens (tertiary/aromatic N) is 2. The van der Waals surface area contributed by atoms with E-state index in [2.05, 4.69) is 20.9 Å². The van der Waals surface area contributed by atoms with E-state index in [0.29, 0.717) is 32.0 Å². The number of carboxylic acid groups (broad SMARTS) is 1. The number of carboxylic acids is 1. The average Bonchev–Trinajstić information content (AvgIpc) is 2.89. The Labute approximate surface area is 228 Å². The van der Waals surface area contributed by atoms with Crippen LogP contribution < -0.4 is 16.0 Å². The maximum absolute atomic E-state index is 13.2. The molecule has 0 aliphatic carbocycles. The number of para-hydroxylation sites is 1. The van der Waals surface area contributed by atoms with Gasteiger partial charge in [0, 0.05) is 43.6 Å². The van der Waals surface area contributed by atoms with Gasteiger partial charge in [-0.25, -0.2) is 4.79 Å². The van der Waals surface area contributed by atoms with Gasteiger partial charge in [0.05, 0.1) is 32.6 Å². The first-order valence-electron chi connectivity index (χ1n) is 13.0. The molecule has 4 amide bonds. The molecular formula is C28H37N5O6. The fraction of sp³-hybridized carbons (Fsp3) is 0.429. The average molecular weight is 540 g/mol. The number of carbonyl (C=O) groups is 4. The number of aliphatic carboxylic acids is 1. The molecule has 2 aromatic carbocycles. The normalized spacial score (nSPS) is 14.2. The van der Waals surface area contributed by atoms with Gasteiger partial charge >= 0.3 is 12.0 Å². The SMILES string of the molecule is Cc1ccccc1NC(=O)Nc1ccc(CC(=O)N(CCN2CCOCC2)CC(=O)NC(C)CC(=O)O)cc1. The molecule has 210 valence electrons. The Kier molecular flexibility index (Phi) is 11.3. The summed E-state index contributed by atoms with van der Waals surface area (Å²) in [6.45, 7) is 7.10. The van der Waals surface area contributed by atoms with Crippen molar-refractivity contribution in [2.75, 3.05) is 56.6 Å². The molecule has 1 fully saturated rings. The van der Waals surface area contributed by atoms with Crippen molar-refractivity contribution in [2.45, 2.75) is 32.7 Å². The van der Waals surface area contributed by atoms with E-state index in [-0.39, 0.29) is 31.3 Å². The summed E-state index contributed by atoms with van der Waals surface area (Å²) in [4.78, 5) is 52.7. The summed E-state index contributed by atoms with van der Waals surface area (Å²) in [5.41, 5.74) is 2.98. The number of ether oxygens (including phenoxy) is 1. The molecule has 11 nitrogen and oxygen atoms in total. The van der Waals surface area contributed by atoms with Crippen LogP contribution in [0.15, 0.2) is 48.5 Å². The second-order valence-corrected chi connectivity index (χ2v) is 9.60. The first-order chi connectivity index (χ1) is 18.7. The standard InChI is InChI=1S/C28H37N5O6/c1-20-5-3-4-6-24(20)31-28(38)30-23-9-7-22(8-10-23)18-26(35)33(12-11-32-13-15-39-16-14-32)19-25(34)29-21(2)17-27(36)37/h3-10,21H,11-19H2,1-2H3,(H,29,34)(H,36,37)(H2,30,31,38). The topological polar surface area (TPSA) is 140 Å². The molecule has 1 aliphatic heterocycles. The Morgan fingerprint density at radius 3 is 2.38 bits per heavy atom. The maximum Gasteiger partial charge on any atom is 0.323 e. The van der Waals surface area contributed by atoms with Gasteiger partial charge in [-0.3, -0.25) is 19.3 Å². The predicted molar refractivity (Wildman–Crippen MR) is 148 cm³/mol. The van der Waals surface area contributed by atoms with Crippen LogP contribution in [0.4, 0.5) is 16.2 Å². The molecule has 0 spiro atoms. The Balaban J connectivity index is 1.57. The molecular weight excluding hydrogens is 502 g/mol. The second kappa shape index (κ2) is 14.8.